The Balaban J connectivity index is 2.29. The monoisotopic (exact) mass is 293 g/mol. The first kappa shape index (κ1) is 12.6. The molecule has 0 aliphatic rings. The van der Waals surface area contributed by atoms with Gasteiger partial charge in [0.25, 0.3) is 0 Å². The Bertz CT molecular complexity index is 762. The van der Waals surface area contributed by atoms with Crippen LogP contribution in [0.5, 0.6) is 0 Å². The molecular weight excluding hydrogens is 278 g/mol. The lowest BCUT2D eigenvalue weighted by Gasteiger charge is -2.15. The van der Waals surface area contributed by atoms with Gasteiger partial charge in [-0.25, -0.2) is 4.98 Å². The molecule has 0 radical (unpaired) electrons. The quantitative estimate of drug-likeness (QED) is 0.754. The van der Waals surface area contributed by atoms with Gasteiger partial charge in [-0.15, -0.1) is 11.3 Å². The predicted octanol–water partition coefficient (Wildman–Crippen LogP) is 3.20. The van der Waals surface area contributed by atoms with E-state index in [0.29, 0.717) is 0 Å². The largest absolute Gasteiger partial charge is 0.328 e. The zero-order chi connectivity index (χ0) is 13.6. The molecule has 0 saturated carbocycles. The molecule has 7 heteroatoms. The molecule has 100 valence electrons. The maximum absolute atomic E-state index is 5.49. The predicted molar refractivity (Wildman–Crippen MR) is 79.2 cm³/mol. The van der Waals surface area contributed by atoms with Gasteiger partial charge in [0.1, 0.15) is 10.5 Å². The van der Waals surface area contributed by atoms with Crippen molar-refractivity contribution < 1.29 is 0 Å². The van der Waals surface area contributed by atoms with Crippen LogP contribution in [0.15, 0.2) is 11.6 Å². The molecule has 0 fully saturated rings. The van der Waals surface area contributed by atoms with Crippen molar-refractivity contribution in [2.75, 3.05) is 0 Å². The van der Waals surface area contributed by atoms with Crippen LogP contribution in [-0.2, 0) is 7.05 Å². The van der Waals surface area contributed by atoms with E-state index in [-0.39, 0.29) is 6.04 Å². The van der Waals surface area contributed by atoms with Gasteiger partial charge in [-0.05, 0) is 25.6 Å². The van der Waals surface area contributed by atoms with Crippen molar-refractivity contribution in [1.82, 2.24) is 24.3 Å². The van der Waals surface area contributed by atoms with E-state index in [2.05, 4.69) is 26.6 Å². The van der Waals surface area contributed by atoms with Crippen LogP contribution in [0.1, 0.15) is 30.1 Å². The highest BCUT2D eigenvalue weighted by molar-refractivity contribution is 7.71. The zero-order valence-electron chi connectivity index (χ0n) is 11.0. The lowest BCUT2D eigenvalue weighted by atomic mass is 10.2. The lowest BCUT2D eigenvalue weighted by molar-refractivity contribution is 0.556. The smallest absolute Gasteiger partial charge is 0.179 e. The fraction of sp³-hybridized carbons (Fsp3) is 0.417. The minimum Gasteiger partial charge on any atom is -0.328 e. The number of imidazole rings is 1. The number of thiazole rings is 1. The molecule has 19 heavy (non-hydrogen) atoms. The van der Waals surface area contributed by atoms with Crippen molar-refractivity contribution in [1.29, 1.82) is 0 Å². The van der Waals surface area contributed by atoms with Gasteiger partial charge in [-0.3, -0.25) is 9.25 Å². The third kappa shape index (κ3) is 1.84. The molecule has 1 N–H and O–H groups in total. The molecule has 0 aromatic carbocycles. The summed E-state index contributed by atoms with van der Waals surface area (Å²) in [6, 6.07) is 0.163. The van der Waals surface area contributed by atoms with Gasteiger partial charge >= 0.3 is 0 Å². The second kappa shape index (κ2) is 4.57. The van der Waals surface area contributed by atoms with Gasteiger partial charge in [0.15, 0.2) is 10.4 Å². The van der Waals surface area contributed by atoms with Crippen LogP contribution in [0.3, 0.4) is 0 Å². The van der Waals surface area contributed by atoms with Gasteiger partial charge in [0, 0.05) is 18.6 Å². The standard InChI is InChI=1S/C12H15N5S2/c1-4-8(10-13-5-6-19-10)17-11-9(14-12(17)18)7(2)15-16(11)3/h5-6,8H,4H2,1-3H3,(H,14,18). The molecule has 0 bridgehead atoms. The molecule has 3 aromatic rings. The van der Waals surface area contributed by atoms with Crippen molar-refractivity contribution in [3.8, 4) is 0 Å². The number of aromatic amines is 1. The third-order valence-corrected chi connectivity index (χ3v) is 4.48. The number of nitrogens with zero attached hydrogens (tertiary/aromatic N) is 4. The summed E-state index contributed by atoms with van der Waals surface area (Å²) in [6.45, 7) is 4.14. The molecule has 3 rings (SSSR count). The van der Waals surface area contributed by atoms with E-state index < -0.39 is 0 Å². The second-order valence-electron chi connectivity index (χ2n) is 4.50. The van der Waals surface area contributed by atoms with Gasteiger partial charge < -0.3 is 4.98 Å². The van der Waals surface area contributed by atoms with E-state index in [1.807, 2.05) is 30.2 Å². The summed E-state index contributed by atoms with van der Waals surface area (Å²) in [5, 5.41) is 7.53. The van der Waals surface area contributed by atoms with Crippen molar-refractivity contribution in [3.05, 3.63) is 27.0 Å². The van der Waals surface area contributed by atoms with Gasteiger partial charge in [0.2, 0.25) is 0 Å². The maximum atomic E-state index is 5.49. The highest BCUT2D eigenvalue weighted by atomic mass is 32.1. The first-order chi connectivity index (χ1) is 9.13. The minimum absolute atomic E-state index is 0.163. The first-order valence-electron chi connectivity index (χ1n) is 6.16. The Morgan fingerprint density at radius 2 is 2.32 bits per heavy atom. The number of aryl methyl sites for hydroxylation is 2. The highest BCUT2D eigenvalue weighted by Gasteiger charge is 2.21. The normalized spacial score (nSPS) is 13.2. The molecule has 0 aliphatic heterocycles. The number of nitrogens with one attached hydrogen (secondary N) is 1. The Hall–Kier alpha value is -1.47. The molecule has 3 aromatic heterocycles. The van der Waals surface area contributed by atoms with E-state index in [0.717, 1.165) is 33.1 Å². The molecule has 1 unspecified atom stereocenters. The maximum Gasteiger partial charge on any atom is 0.179 e. The first-order valence-corrected chi connectivity index (χ1v) is 7.45. The number of H-pyrrole nitrogens is 1. The molecule has 0 amide bonds. The lowest BCUT2D eigenvalue weighted by Crippen LogP contribution is -2.12. The van der Waals surface area contributed by atoms with Gasteiger partial charge in [-0.2, -0.15) is 5.10 Å². The van der Waals surface area contributed by atoms with Crippen molar-refractivity contribution in [2.24, 2.45) is 7.05 Å². The molecule has 3 heterocycles. The van der Waals surface area contributed by atoms with E-state index in [1.54, 1.807) is 11.3 Å². The van der Waals surface area contributed by atoms with Gasteiger partial charge in [0.05, 0.1) is 11.7 Å². The Morgan fingerprint density at radius 1 is 1.53 bits per heavy atom. The summed E-state index contributed by atoms with van der Waals surface area (Å²) in [7, 11) is 1.95. The molecule has 0 aliphatic carbocycles. The summed E-state index contributed by atoms with van der Waals surface area (Å²) in [5.41, 5.74) is 3.02. The summed E-state index contributed by atoms with van der Waals surface area (Å²) < 4.78 is 4.74. The average molecular weight is 293 g/mol. The fourth-order valence-corrected chi connectivity index (χ4v) is 3.62. The summed E-state index contributed by atoms with van der Waals surface area (Å²) >= 11 is 7.15. The Morgan fingerprint density at radius 3 is 2.95 bits per heavy atom. The van der Waals surface area contributed by atoms with E-state index in [4.69, 9.17) is 12.2 Å². The molecule has 0 spiro atoms. The van der Waals surface area contributed by atoms with Crippen LogP contribution in [0.4, 0.5) is 0 Å². The topological polar surface area (TPSA) is 51.4 Å². The zero-order valence-corrected chi connectivity index (χ0v) is 12.7. The number of rotatable bonds is 3. The van der Waals surface area contributed by atoms with Crippen LogP contribution in [0.25, 0.3) is 11.2 Å². The van der Waals surface area contributed by atoms with Crippen LogP contribution >= 0.6 is 23.6 Å². The number of hydrogen-bond acceptors (Lipinski definition) is 4. The summed E-state index contributed by atoms with van der Waals surface area (Å²) in [4.78, 5) is 7.70. The van der Waals surface area contributed by atoms with Crippen molar-refractivity contribution in [2.45, 2.75) is 26.3 Å². The number of fused-ring (bicyclic) bond motifs is 1. The van der Waals surface area contributed by atoms with Crippen molar-refractivity contribution in [3.63, 3.8) is 0 Å². The van der Waals surface area contributed by atoms with Crippen LogP contribution < -0.4 is 0 Å². The van der Waals surface area contributed by atoms with Gasteiger partial charge in [-0.1, -0.05) is 6.92 Å². The molecule has 0 saturated heterocycles. The van der Waals surface area contributed by atoms with Crippen molar-refractivity contribution >= 4 is 34.7 Å². The molecule has 5 nitrogen and oxygen atoms in total. The van der Waals surface area contributed by atoms with Crippen LogP contribution in [0, 0.1) is 11.7 Å². The SMILES string of the molecule is CCC(c1nccs1)n1c(=S)[nH]c2c(C)nn(C)c21. The summed E-state index contributed by atoms with van der Waals surface area (Å²) in [6.07, 6.45) is 2.78. The number of hydrogen-bond donors (Lipinski definition) is 1. The molecule has 1 atom stereocenters. The third-order valence-electron chi connectivity index (χ3n) is 3.31. The fourth-order valence-electron chi connectivity index (χ4n) is 2.49. The van der Waals surface area contributed by atoms with Crippen LogP contribution in [0.2, 0.25) is 0 Å². The molecular formula is C12H15N5S2. The highest BCUT2D eigenvalue weighted by Crippen LogP contribution is 2.29. The summed E-state index contributed by atoms with van der Waals surface area (Å²) in [5.74, 6) is 0. The average Bonchev–Trinajstić information content (AvgIpc) is 3.04. The van der Waals surface area contributed by atoms with E-state index >= 15 is 0 Å². The minimum atomic E-state index is 0.163. The van der Waals surface area contributed by atoms with E-state index in [9.17, 15) is 0 Å². The van der Waals surface area contributed by atoms with Crippen LogP contribution in [-0.4, -0.2) is 24.3 Å². The second-order valence-corrected chi connectivity index (χ2v) is 5.82. The Kier molecular flexibility index (Phi) is 3.02. The Labute approximate surface area is 119 Å². The number of aromatic nitrogens is 5. The van der Waals surface area contributed by atoms with E-state index in [1.165, 1.54) is 0 Å².